The minimum Gasteiger partial charge on any atom is -0.462 e. The molecule has 0 saturated carbocycles. The molecule has 0 unspecified atom stereocenters. The fourth-order valence-corrected chi connectivity index (χ4v) is 0.673. The molecule has 0 saturated heterocycles. The van der Waals surface area contributed by atoms with Crippen molar-refractivity contribution < 1.29 is 9.53 Å². The van der Waals surface area contributed by atoms with Gasteiger partial charge in [0.05, 0.1) is 0 Å². The first kappa shape index (κ1) is 10.2. The maximum atomic E-state index is 10.3. The Labute approximate surface area is 68.2 Å². The highest BCUT2D eigenvalue weighted by molar-refractivity contribution is 5.65. The summed E-state index contributed by atoms with van der Waals surface area (Å²) < 4.78 is 4.70. The lowest BCUT2D eigenvalue weighted by molar-refractivity contribution is -0.139. The largest absolute Gasteiger partial charge is 0.462 e. The van der Waals surface area contributed by atoms with Crippen LogP contribution < -0.4 is 0 Å². The summed E-state index contributed by atoms with van der Waals surface area (Å²) in [5.74, 6) is -0.217. The zero-order chi connectivity index (χ0) is 8.53. The molecule has 0 aliphatic carbocycles. The number of carbonyl (C=O) groups excluding carboxylic acids is 1. The monoisotopic (exact) mass is 156 g/mol. The third-order valence-electron chi connectivity index (χ3n) is 1.27. The van der Waals surface area contributed by atoms with Gasteiger partial charge in [-0.15, -0.1) is 0 Å². The van der Waals surface area contributed by atoms with Crippen LogP contribution in [0.3, 0.4) is 0 Å². The van der Waals surface area contributed by atoms with Crippen molar-refractivity contribution in [2.24, 2.45) is 0 Å². The van der Waals surface area contributed by atoms with E-state index < -0.39 is 0 Å². The molecule has 0 radical (unpaired) electrons. The molecule has 0 aliphatic rings. The second kappa shape index (κ2) is 7.32. The Bertz CT molecular complexity index is 128. The Morgan fingerprint density at radius 3 is 2.73 bits per heavy atom. The summed E-state index contributed by atoms with van der Waals surface area (Å²) in [5, 5.41) is 0. The molecule has 2 nitrogen and oxygen atoms in total. The van der Waals surface area contributed by atoms with Gasteiger partial charge in [0.25, 0.3) is 0 Å². The van der Waals surface area contributed by atoms with E-state index in [4.69, 9.17) is 4.74 Å². The first-order valence-electron chi connectivity index (χ1n) is 4.05. The van der Waals surface area contributed by atoms with Crippen molar-refractivity contribution in [3.05, 3.63) is 12.2 Å². The maximum Gasteiger partial charge on any atom is 0.302 e. The molecule has 64 valence electrons. The van der Waals surface area contributed by atoms with E-state index in [-0.39, 0.29) is 5.97 Å². The lowest BCUT2D eigenvalue weighted by atomic mass is 10.2. The van der Waals surface area contributed by atoms with Crippen molar-refractivity contribution in [2.45, 2.75) is 33.1 Å². The first-order valence-corrected chi connectivity index (χ1v) is 4.05. The van der Waals surface area contributed by atoms with Crippen LogP contribution in [-0.2, 0) is 9.53 Å². The Kier molecular flexibility index (Phi) is 6.79. The lowest BCUT2D eigenvalue weighted by Gasteiger charge is -1.94. The van der Waals surface area contributed by atoms with Crippen molar-refractivity contribution in [2.75, 3.05) is 6.61 Å². The van der Waals surface area contributed by atoms with Gasteiger partial charge in [-0.05, 0) is 6.42 Å². The molecule has 2 heteroatoms. The van der Waals surface area contributed by atoms with Crippen LogP contribution in [0.15, 0.2) is 12.2 Å². The number of hydrogen-bond donors (Lipinski definition) is 0. The Balaban J connectivity index is 3.10. The summed E-state index contributed by atoms with van der Waals surface area (Å²) in [6.45, 7) is 3.98. The van der Waals surface area contributed by atoms with Crippen LogP contribution >= 0.6 is 0 Å². The van der Waals surface area contributed by atoms with E-state index in [9.17, 15) is 4.79 Å². The van der Waals surface area contributed by atoms with Gasteiger partial charge in [-0.25, -0.2) is 0 Å². The molecule has 0 aliphatic heterocycles. The van der Waals surface area contributed by atoms with Gasteiger partial charge in [0.1, 0.15) is 6.61 Å². The fraction of sp³-hybridized carbons (Fsp3) is 0.667. The minimum absolute atomic E-state index is 0.217. The second-order valence-electron chi connectivity index (χ2n) is 2.42. The van der Waals surface area contributed by atoms with Gasteiger partial charge < -0.3 is 4.74 Å². The second-order valence-corrected chi connectivity index (χ2v) is 2.42. The molecule has 11 heavy (non-hydrogen) atoms. The van der Waals surface area contributed by atoms with E-state index >= 15 is 0 Å². The van der Waals surface area contributed by atoms with E-state index in [1.165, 1.54) is 19.8 Å². The number of esters is 1. The third kappa shape index (κ3) is 9.21. The van der Waals surface area contributed by atoms with Crippen molar-refractivity contribution in [3.8, 4) is 0 Å². The zero-order valence-electron chi connectivity index (χ0n) is 7.30. The van der Waals surface area contributed by atoms with Gasteiger partial charge >= 0.3 is 5.97 Å². The maximum absolute atomic E-state index is 10.3. The van der Waals surface area contributed by atoms with E-state index in [0.29, 0.717) is 6.61 Å². The van der Waals surface area contributed by atoms with Crippen molar-refractivity contribution in [1.29, 1.82) is 0 Å². The van der Waals surface area contributed by atoms with E-state index in [0.717, 1.165) is 6.42 Å². The summed E-state index contributed by atoms with van der Waals surface area (Å²) in [5.41, 5.74) is 0. The molecule has 0 atom stereocenters. The van der Waals surface area contributed by atoms with Gasteiger partial charge in [-0.2, -0.15) is 0 Å². The van der Waals surface area contributed by atoms with Crippen LogP contribution in [0.4, 0.5) is 0 Å². The van der Waals surface area contributed by atoms with Crippen LogP contribution in [0.25, 0.3) is 0 Å². The average Bonchev–Trinajstić information content (AvgIpc) is 1.96. The lowest BCUT2D eigenvalue weighted by Crippen LogP contribution is -1.97. The SMILES string of the molecule is CCCCC=CCOC(C)=O. The smallest absolute Gasteiger partial charge is 0.302 e. The van der Waals surface area contributed by atoms with Crippen LogP contribution in [0.2, 0.25) is 0 Å². The molecule has 0 rings (SSSR count). The van der Waals surface area contributed by atoms with E-state index in [1.54, 1.807) is 0 Å². The average molecular weight is 156 g/mol. The summed E-state index contributed by atoms with van der Waals surface area (Å²) in [6, 6.07) is 0. The molecule has 0 aromatic carbocycles. The molecular formula is C9H16O2. The van der Waals surface area contributed by atoms with Crippen molar-refractivity contribution in [3.63, 3.8) is 0 Å². The Hall–Kier alpha value is -0.790. The van der Waals surface area contributed by atoms with Crippen molar-refractivity contribution in [1.82, 2.24) is 0 Å². The molecule has 0 spiro atoms. The topological polar surface area (TPSA) is 26.3 Å². The summed E-state index contributed by atoms with van der Waals surface area (Å²) in [7, 11) is 0. The molecular weight excluding hydrogens is 140 g/mol. The number of unbranched alkanes of at least 4 members (excludes halogenated alkanes) is 2. The van der Waals surface area contributed by atoms with Gasteiger partial charge in [0, 0.05) is 6.92 Å². The number of ether oxygens (including phenoxy) is 1. The quantitative estimate of drug-likeness (QED) is 0.347. The van der Waals surface area contributed by atoms with Crippen LogP contribution in [-0.4, -0.2) is 12.6 Å². The number of carbonyl (C=O) groups is 1. The highest BCUT2D eigenvalue weighted by atomic mass is 16.5. The van der Waals surface area contributed by atoms with Crippen LogP contribution in [0, 0.1) is 0 Å². The highest BCUT2D eigenvalue weighted by Gasteiger charge is 1.85. The van der Waals surface area contributed by atoms with E-state index in [2.05, 4.69) is 6.92 Å². The molecule has 0 aromatic rings. The molecule has 0 N–H and O–H groups in total. The van der Waals surface area contributed by atoms with Gasteiger partial charge in [0.2, 0.25) is 0 Å². The molecule has 0 fully saturated rings. The predicted octanol–water partition coefficient (Wildman–Crippen LogP) is 2.30. The molecule has 0 bridgehead atoms. The molecule has 0 amide bonds. The summed E-state index contributed by atoms with van der Waals surface area (Å²) in [6.07, 6.45) is 7.43. The molecule has 0 heterocycles. The zero-order valence-corrected chi connectivity index (χ0v) is 7.30. The highest BCUT2D eigenvalue weighted by Crippen LogP contribution is 1.94. The fourth-order valence-electron chi connectivity index (χ4n) is 0.673. The minimum atomic E-state index is -0.217. The first-order chi connectivity index (χ1) is 5.27. The Morgan fingerprint density at radius 1 is 1.45 bits per heavy atom. The number of rotatable bonds is 5. The number of allylic oxidation sites excluding steroid dienone is 1. The van der Waals surface area contributed by atoms with Gasteiger partial charge in [-0.1, -0.05) is 31.9 Å². The Morgan fingerprint density at radius 2 is 2.18 bits per heavy atom. The third-order valence-corrected chi connectivity index (χ3v) is 1.27. The normalized spacial score (nSPS) is 10.4. The predicted molar refractivity (Wildman–Crippen MR) is 45.3 cm³/mol. The summed E-state index contributed by atoms with van der Waals surface area (Å²) >= 11 is 0. The van der Waals surface area contributed by atoms with E-state index in [1.807, 2.05) is 12.2 Å². The molecule has 0 aromatic heterocycles. The van der Waals surface area contributed by atoms with Gasteiger partial charge in [-0.3, -0.25) is 4.79 Å². The van der Waals surface area contributed by atoms with Crippen LogP contribution in [0.5, 0.6) is 0 Å². The standard InChI is InChI=1S/C9H16O2/c1-3-4-5-6-7-8-11-9(2)10/h6-7H,3-5,8H2,1-2H3. The summed E-state index contributed by atoms with van der Waals surface area (Å²) in [4.78, 5) is 10.3. The van der Waals surface area contributed by atoms with Gasteiger partial charge in [0.15, 0.2) is 0 Å². The van der Waals surface area contributed by atoms with Crippen molar-refractivity contribution >= 4 is 5.97 Å². The van der Waals surface area contributed by atoms with Crippen LogP contribution in [0.1, 0.15) is 33.1 Å². The number of hydrogen-bond acceptors (Lipinski definition) is 2.